The fourth-order valence-corrected chi connectivity index (χ4v) is 2.71. The smallest absolute Gasteiger partial charge is 0.128 e. The van der Waals surface area contributed by atoms with Crippen LogP contribution in [-0.2, 0) is 0 Å². The first-order chi connectivity index (χ1) is 8.63. The van der Waals surface area contributed by atoms with E-state index in [1.165, 1.54) is 41.7 Å². The lowest BCUT2D eigenvalue weighted by Gasteiger charge is -1.99. The molecule has 0 spiro atoms. The predicted octanol–water partition coefficient (Wildman–Crippen LogP) is 3.95. The Hall–Kier alpha value is -2.01. The number of phenols is 1. The molecule has 0 saturated heterocycles. The molecule has 18 heavy (non-hydrogen) atoms. The lowest BCUT2D eigenvalue weighted by molar-refractivity contribution is 0.475. The summed E-state index contributed by atoms with van der Waals surface area (Å²) in [5.41, 5.74) is 0.941. The van der Waals surface area contributed by atoms with Gasteiger partial charge in [0.2, 0.25) is 0 Å². The number of hydrogen-bond acceptors (Lipinski definition) is 3. The molecule has 0 aliphatic rings. The van der Waals surface area contributed by atoms with Gasteiger partial charge in [-0.05, 0) is 36.4 Å². The molecule has 0 saturated carbocycles. The van der Waals surface area contributed by atoms with Crippen molar-refractivity contribution in [1.29, 1.82) is 0 Å². The van der Waals surface area contributed by atoms with Crippen LogP contribution < -0.4 is 0 Å². The Morgan fingerprint density at radius 3 is 2.56 bits per heavy atom. The van der Waals surface area contributed by atoms with E-state index in [0.717, 1.165) is 0 Å². The first-order valence-corrected chi connectivity index (χ1v) is 6.00. The number of fused-ring (bicyclic) bond motifs is 1. The molecule has 0 unspecified atom stereocenters. The molecular weight excluding hydrogens is 256 g/mol. The second kappa shape index (κ2) is 4.03. The van der Waals surface area contributed by atoms with Crippen LogP contribution in [-0.4, -0.2) is 10.1 Å². The molecule has 0 fully saturated rings. The highest BCUT2D eigenvalue weighted by Gasteiger charge is 2.11. The minimum absolute atomic E-state index is 0.0454. The van der Waals surface area contributed by atoms with Crippen molar-refractivity contribution in [2.24, 2.45) is 0 Å². The maximum absolute atomic E-state index is 13.2. The SMILES string of the molecule is Oc1ccc(F)cc1-c1nc2ccc(F)cc2s1. The van der Waals surface area contributed by atoms with Crippen molar-refractivity contribution in [1.82, 2.24) is 4.98 Å². The number of nitrogens with zero attached hydrogens (tertiary/aromatic N) is 1. The zero-order valence-corrected chi connectivity index (χ0v) is 9.84. The number of halogens is 2. The Bertz CT molecular complexity index is 739. The van der Waals surface area contributed by atoms with Gasteiger partial charge in [-0.25, -0.2) is 13.8 Å². The first-order valence-electron chi connectivity index (χ1n) is 5.18. The molecule has 0 atom stereocenters. The van der Waals surface area contributed by atoms with Crippen LogP contribution in [0.3, 0.4) is 0 Å². The number of thiazole rings is 1. The van der Waals surface area contributed by atoms with Crippen molar-refractivity contribution < 1.29 is 13.9 Å². The van der Waals surface area contributed by atoms with Gasteiger partial charge < -0.3 is 5.11 Å². The third kappa shape index (κ3) is 1.82. The summed E-state index contributed by atoms with van der Waals surface area (Å²) < 4.78 is 26.9. The van der Waals surface area contributed by atoms with Gasteiger partial charge in [-0.3, -0.25) is 0 Å². The molecule has 5 heteroatoms. The van der Waals surface area contributed by atoms with Gasteiger partial charge in [0.25, 0.3) is 0 Å². The van der Waals surface area contributed by atoms with Crippen LogP contribution >= 0.6 is 11.3 Å². The maximum atomic E-state index is 13.2. The molecule has 2 aromatic carbocycles. The molecule has 3 rings (SSSR count). The summed E-state index contributed by atoms with van der Waals surface area (Å²) in [6, 6.07) is 7.90. The monoisotopic (exact) mass is 263 g/mol. The fraction of sp³-hybridized carbons (Fsp3) is 0. The van der Waals surface area contributed by atoms with Gasteiger partial charge in [0, 0.05) is 0 Å². The second-order valence-electron chi connectivity index (χ2n) is 3.79. The van der Waals surface area contributed by atoms with E-state index in [1.807, 2.05) is 0 Å². The van der Waals surface area contributed by atoms with Gasteiger partial charge >= 0.3 is 0 Å². The number of phenolic OH excluding ortho intramolecular Hbond substituents is 1. The topological polar surface area (TPSA) is 33.1 Å². The van der Waals surface area contributed by atoms with Crippen LogP contribution in [0.5, 0.6) is 5.75 Å². The number of aromatic nitrogens is 1. The van der Waals surface area contributed by atoms with Crippen LogP contribution in [0.1, 0.15) is 0 Å². The molecule has 0 aliphatic carbocycles. The van der Waals surface area contributed by atoms with E-state index in [2.05, 4.69) is 4.98 Å². The summed E-state index contributed by atoms with van der Waals surface area (Å²) in [4.78, 5) is 4.25. The van der Waals surface area contributed by atoms with Gasteiger partial charge in [0.15, 0.2) is 0 Å². The number of hydrogen-bond donors (Lipinski definition) is 1. The maximum Gasteiger partial charge on any atom is 0.128 e. The highest BCUT2D eigenvalue weighted by atomic mass is 32.1. The van der Waals surface area contributed by atoms with Gasteiger partial charge in [0.1, 0.15) is 22.4 Å². The Kier molecular flexibility index (Phi) is 2.48. The Balaban J connectivity index is 2.22. The Labute approximate surface area is 105 Å². The van der Waals surface area contributed by atoms with Crippen molar-refractivity contribution >= 4 is 21.6 Å². The Morgan fingerprint density at radius 1 is 1.00 bits per heavy atom. The molecule has 1 heterocycles. The van der Waals surface area contributed by atoms with E-state index in [4.69, 9.17) is 0 Å². The second-order valence-corrected chi connectivity index (χ2v) is 4.82. The standard InChI is InChI=1S/C13H7F2NOS/c14-7-2-4-11(17)9(5-7)13-16-10-3-1-8(15)6-12(10)18-13/h1-6,17H. The zero-order valence-electron chi connectivity index (χ0n) is 9.02. The van der Waals surface area contributed by atoms with Gasteiger partial charge in [-0.2, -0.15) is 0 Å². The van der Waals surface area contributed by atoms with E-state index in [1.54, 1.807) is 6.07 Å². The quantitative estimate of drug-likeness (QED) is 0.721. The third-order valence-electron chi connectivity index (χ3n) is 2.54. The minimum Gasteiger partial charge on any atom is -0.507 e. The highest BCUT2D eigenvalue weighted by molar-refractivity contribution is 7.21. The summed E-state index contributed by atoms with van der Waals surface area (Å²) in [6.07, 6.45) is 0. The van der Waals surface area contributed by atoms with Crippen LogP contribution in [0.4, 0.5) is 8.78 Å². The highest BCUT2D eigenvalue weighted by Crippen LogP contribution is 2.35. The van der Waals surface area contributed by atoms with Crippen molar-refractivity contribution in [3.05, 3.63) is 48.0 Å². The van der Waals surface area contributed by atoms with Crippen LogP contribution in [0.15, 0.2) is 36.4 Å². The summed E-state index contributed by atoms with van der Waals surface area (Å²) in [5, 5.41) is 10.2. The molecule has 0 radical (unpaired) electrons. The van der Waals surface area contributed by atoms with Gasteiger partial charge in [0.05, 0.1) is 15.8 Å². The number of rotatable bonds is 1. The molecule has 90 valence electrons. The van der Waals surface area contributed by atoms with Crippen molar-refractivity contribution in [3.63, 3.8) is 0 Å². The van der Waals surface area contributed by atoms with E-state index in [-0.39, 0.29) is 11.6 Å². The first kappa shape index (κ1) is 11.1. The summed E-state index contributed by atoms with van der Waals surface area (Å²) in [5.74, 6) is -0.842. The van der Waals surface area contributed by atoms with E-state index in [0.29, 0.717) is 20.8 Å². The molecule has 3 aromatic rings. The van der Waals surface area contributed by atoms with Crippen molar-refractivity contribution in [3.8, 4) is 16.3 Å². The average molecular weight is 263 g/mol. The molecular formula is C13H7F2NOS. The fourth-order valence-electron chi connectivity index (χ4n) is 1.69. The van der Waals surface area contributed by atoms with Crippen LogP contribution in [0.25, 0.3) is 20.8 Å². The van der Waals surface area contributed by atoms with Crippen LogP contribution in [0, 0.1) is 11.6 Å². The summed E-state index contributed by atoms with van der Waals surface area (Å²) in [7, 11) is 0. The lowest BCUT2D eigenvalue weighted by atomic mass is 10.2. The molecule has 2 nitrogen and oxygen atoms in total. The molecule has 1 aromatic heterocycles. The van der Waals surface area contributed by atoms with Gasteiger partial charge in [-0.15, -0.1) is 11.3 Å². The van der Waals surface area contributed by atoms with E-state index < -0.39 is 5.82 Å². The lowest BCUT2D eigenvalue weighted by Crippen LogP contribution is -1.80. The third-order valence-corrected chi connectivity index (χ3v) is 3.59. The number of benzene rings is 2. The normalized spacial score (nSPS) is 11.0. The van der Waals surface area contributed by atoms with E-state index >= 15 is 0 Å². The molecule has 0 aliphatic heterocycles. The van der Waals surface area contributed by atoms with Crippen molar-refractivity contribution in [2.45, 2.75) is 0 Å². The average Bonchev–Trinajstić information content (AvgIpc) is 2.74. The van der Waals surface area contributed by atoms with Crippen LogP contribution in [0.2, 0.25) is 0 Å². The predicted molar refractivity (Wildman–Crippen MR) is 66.6 cm³/mol. The van der Waals surface area contributed by atoms with Gasteiger partial charge in [-0.1, -0.05) is 0 Å². The summed E-state index contributed by atoms with van der Waals surface area (Å²) >= 11 is 1.21. The molecule has 0 amide bonds. The zero-order chi connectivity index (χ0) is 12.7. The number of aromatic hydroxyl groups is 1. The molecule has 1 N–H and O–H groups in total. The van der Waals surface area contributed by atoms with Crippen molar-refractivity contribution in [2.75, 3.05) is 0 Å². The molecule has 0 bridgehead atoms. The minimum atomic E-state index is -0.451. The largest absolute Gasteiger partial charge is 0.507 e. The Morgan fingerprint density at radius 2 is 1.72 bits per heavy atom. The summed E-state index contributed by atoms with van der Waals surface area (Å²) in [6.45, 7) is 0. The van der Waals surface area contributed by atoms with E-state index in [9.17, 15) is 13.9 Å².